The first kappa shape index (κ1) is 13.3. The summed E-state index contributed by atoms with van der Waals surface area (Å²) in [4.78, 5) is 12.5. The fourth-order valence-electron chi connectivity index (χ4n) is 3.79. The minimum absolute atomic E-state index is 0.0173. The van der Waals surface area contributed by atoms with Gasteiger partial charge in [0.25, 0.3) is 0 Å². The van der Waals surface area contributed by atoms with Crippen LogP contribution in [-0.2, 0) is 4.79 Å². The summed E-state index contributed by atoms with van der Waals surface area (Å²) in [5.74, 6) is 0.827. The molecule has 1 aromatic carbocycles. The van der Waals surface area contributed by atoms with E-state index in [1.807, 2.05) is 6.07 Å². The van der Waals surface area contributed by atoms with E-state index in [-0.39, 0.29) is 11.9 Å². The third kappa shape index (κ3) is 2.58. The van der Waals surface area contributed by atoms with Crippen molar-refractivity contribution in [3.05, 3.63) is 29.6 Å². The van der Waals surface area contributed by atoms with Crippen LogP contribution in [0, 0.1) is 5.92 Å². The minimum Gasteiger partial charge on any atom is -0.325 e. The van der Waals surface area contributed by atoms with Crippen molar-refractivity contribution in [2.45, 2.75) is 44.2 Å². The summed E-state index contributed by atoms with van der Waals surface area (Å²) in [5.41, 5.74) is 0.905. The van der Waals surface area contributed by atoms with Gasteiger partial charge in [0.1, 0.15) is 0 Å². The lowest BCUT2D eigenvalue weighted by Crippen LogP contribution is -2.39. The molecule has 1 aliphatic heterocycles. The summed E-state index contributed by atoms with van der Waals surface area (Å²) in [7, 11) is 0. The van der Waals surface area contributed by atoms with E-state index in [1.54, 1.807) is 11.3 Å². The molecular formula is C17H20N2OS. The summed E-state index contributed by atoms with van der Waals surface area (Å²) in [6, 6.07) is 8.78. The van der Waals surface area contributed by atoms with E-state index in [2.05, 4.69) is 34.2 Å². The first-order valence-electron chi connectivity index (χ1n) is 7.84. The van der Waals surface area contributed by atoms with E-state index in [0.717, 1.165) is 12.1 Å². The lowest BCUT2D eigenvalue weighted by molar-refractivity contribution is -0.117. The predicted octanol–water partition coefficient (Wildman–Crippen LogP) is 3.76. The van der Waals surface area contributed by atoms with Crippen molar-refractivity contribution in [2.24, 2.45) is 5.92 Å². The molecular weight excluding hydrogens is 280 g/mol. The van der Waals surface area contributed by atoms with Gasteiger partial charge >= 0.3 is 0 Å². The van der Waals surface area contributed by atoms with Crippen molar-refractivity contribution in [1.29, 1.82) is 0 Å². The normalized spacial score (nSPS) is 28.5. The van der Waals surface area contributed by atoms with Gasteiger partial charge in [-0.1, -0.05) is 12.8 Å². The zero-order chi connectivity index (χ0) is 14.2. The number of nitrogens with one attached hydrogen (secondary N) is 2. The number of hydrogen-bond acceptors (Lipinski definition) is 3. The maximum absolute atomic E-state index is 12.5. The Bertz CT molecular complexity index is 652. The third-order valence-corrected chi connectivity index (χ3v) is 5.80. The van der Waals surface area contributed by atoms with Gasteiger partial charge in [0.15, 0.2) is 0 Å². The Balaban J connectivity index is 1.45. The van der Waals surface area contributed by atoms with Crippen LogP contribution in [0.3, 0.4) is 0 Å². The highest BCUT2D eigenvalue weighted by molar-refractivity contribution is 7.17. The lowest BCUT2D eigenvalue weighted by atomic mass is 9.85. The number of carbonyl (C=O) groups excluding carboxylic acids is 1. The monoisotopic (exact) mass is 300 g/mol. The second kappa shape index (κ2) is 5.43. The topological polar surface area (TPSA) is 41.1 Å². The molecule has 3 atom stereocenters. The standard InChI is InChI=1S/C17H20N2OS/c20-17(15-10-11-3-1-2-4-14(11)19-15)18-13-5-6-16-12(9-13)7-8-21-16/h5-9,11,14-15,19H,1-4,10H2,(H,18,20). The van der Waals surface area contributed by atoms with E-state index in [0.29, 0.717) is 12.0 Å². The molecule has 1 saturated carbocycles. The van der Waals surface area contributed by atoms with Crippen molar-refractivity contribution >= 4 is 33.0 Å². The number of rotatable bonds is 2. The molecule has 21 heavy (non-hydrogen) atoms. The molecule has 0 bridgehead atoms. The molecule has 3 unspecified atom stereocenters. The van der Waals surface area contributed by atoms with E-state index < -0.39 is 0 Å². The molecule has 1 amide bonds. The number of anilines is 1. The Labute approximate surface area is 128 Å². The summed E-state index contributed by atoms with van der Waals surface area (Å²) in [6.07, 6.45) is 6.14. The first-order valence-corrected chi connectivity index (χ1v) is 8.72. The Morgan fingerprint density at radius 2 is 2.14 bits per heavy atom. The van der Waals surface area contributed by atoms with Crippen LogP contribution in [0.1, 0.15) is 32.1 Å². The van der Waals surface area contributed by atoms with Gasteiger partial charge in [0.05, 0.1) is 6.04 Å². The maximum Gasteiger partial charge on any atom is 0.241 e. The van der Waals surface area contributed by atoms with Crippen LogP contribution < -0.4 is 10.6 Å². The van der Waals surface area contributed by atoms with Gasteiger partial charge in [-0.15, -0.1) is 11.3 Å². The van der Waals surface area contributed by atoms with Crippen LogP contribution in [0.15, 0.2) is 29.6 Å². The van der Waals surface area contributed by atoms with Gasteiger partial charge < -0.3 is 10.6 Å². The zero-order valence-corrected chi connectivity index (χ0v) is 12.8. The smallest absolute Gasteiger partial charge is 0.241 e. The second-order valence-electron chi connectivity index (χ2n) is 6.27. The highest BCUT2D eigenvalue weighted by Gasteiger charge is 2.38. The quantitative estimate of drug-likeness (QED) is 0.886. The van der Waals surface area contributed by atoms with E-state index in [9.17, 15) is 4.79 Å². The SMILES string of the molecule is O=C(Nc1ccc2sccc2c1)C1CC2CCCCC2N1. The molecule has 0 spiro atoms. The Kier molecular flexibility index (Phi) is 3.43. The van der Waals surface area contributed by atoms with Crippen LogP contribution >= 0.6 is 11.3 Å². The molecule has 4 heteroatoms. The van der Waals surface area contributed by atoms with E-state index in [1.165, 1.54) is 35.8 Å². The summed E-state index contributed by atoms with van der Waals surface area (Å²) in [5, 5.41) is 9.90. The van der Waals surface area contributed by atoms with Crippen molar-refractivity contribution in [3.63, 3.8) is 0 Å². The second-order valence-corrected chi connectivity index (χ2v) is 7.22. The number of benzene rings is 1. The first-order chi connectivity index (χ1) is 10.3. The summed E-state index contributed by atoms with van der Waals surface area (Å²) < 4.78 is 1.26. The minimum atomic E-state index is -0.0173. The molecule has 2 aliphatic rings. The van der Waals surface area contributed by atoms with Gasteiger partial charge in [-0.2, -0.15) is 0 Å². The average Bonchev–Trinajstić information content (AvgIpc) is 3.13. The van der Waals surface area contributed by atoms with Crippen molar-refractivity contribution < 1.29 is 4.79 Å². The molecule has 1 aromatic heterocycles. The highest BCUT2D eigenvalue weighted by atomic mass is 32.1. The molecule has 3 nitrogen and oxygen atoms in total. The molecule has 2 heterocycles. The largest absolute Gasteiger partial charge is 0.325 e. The third-order valence-electron chi connectivity index (χ3n) is 4.90. The van der Waals surface area contributed by atoms with Crippen molar-refractivity contribution in [1.82, 2.24) is 5.32 Å². The molecule has 1 aliphatic carbocycles. The van der Waals surface area contributed by atoms with Crippen LogP contribution in [0.25, 0.3) is 10.1 Å². The number of fused-ring (bicyclic) bond motifs is 2. The van der Waals surface area contributed by atoms with E-state index in [4.69, 9.17) is 0 Å². The van der Waals surface area contributed by atoms with Gasteiger partial charge in [-0.25, -0.2) is 0 Å². The molecule has 2 N–H and O–H groups in total. The molecule has 0 radical (unpaired) electrons. The van der Waals surface area contributed by atoms with Crippen molar-refractivity contribution in [2.75, 3.05) is 5.32 Å². The van der Waals surface area contributed by atoms with Gasteiger partial charge in [0.2, 0.25) is 5.91 Å². The zero-order valence-electron chi connectivity index (χ0n) is 12.0. The van der Waals surface area contributed by atoms with Crippen LogP contribution in [0.4, 0.5) is 5.69 Å². The highest BCUT2D eigenvalue weighted by Crippen LogP contribution is 2.33. The number of carbonyl (C=O) groups is 1. The molecule has 2 fully saturated rings. The fourth-order valence-corrected chi connectivity index (χ4v) is 4.57. The molecule has 1 saturated heterocycles. The Morgan fingerprint density at radius 3 is 3.05 bits per heavy atom. The van der Waals surface area contributed by atoms with Gasteiger partial charge in [-0.3, -0.25) is 4.79 Å². The van der Waals surface area contributed by atoms with Crippen LogP contribution in [0.2, 0.25) is 0 Å². The number of amides is 1. The molecule has 2 aromatic rings. The summed E-state index contributed by atoms with van der Waals surface area (Å²) >= 11 is 1.73. The van der Waals surface area contributed by atoms with Crippen LogP contribution in [-0.4, -0.2) is 18.0 Å². The van der Waals surface area contributed by atoms with Crippen molar-refractivity contribution in [3.8, 4) is 0 Å². The Hall–Kier alpha value is -1.39. The predicted molar refractivity (Wildman–Crippen MR) is 87.7 cm³/mol. The lowest BCUT2D eigenvalue weighted by Gasteiger charge is -2.24. The number of thiophene rings is 1. The van der Waals surface area contributed by atoms with Gasteiger partial charge in [0, 0.05) is 16.4 Å². The Morgan fingerprint density at radius 1 is 1.24 bits per heavy atom. The van der Waals surface area contributed by atoms with Crippen LogP contribution in [0.5, 0.6) is 0 Å². The molecule has 110 valence electrons. The van der Waals surface area contributed by atoms with E-state index >= 15 is 0 Å². The summed E-state index contributed by atoms with van der Waals surface area (Å²) in [6.45, 7) is 0. The fraction of sp³-hybridized carbons (Fsp3) is 0.471. The number of hydrogen-bond donors (Lipinski definition) is 2. The average molecular weight is 300 g/mol. The van der Waals surface area contributed by atoms with Gasteiger partial charge in [-0.05, 0) is 60.2 Å². The maximum atomic E-state index is 12.5. The molecule has 4 rings (SSSR count).